The Morgan fingerprint density at radius 1 is 1.30 bits per heavy atom. The Labute approximate surface area is 145 Å². The number of rotatable bonds is 7. The van der Waals surface area contributed by atoms with Gasteiger partial charge in [0.15, 0.2) is 0 Å². The fourth-order valence-corrected chi connectivity index (χ4v) is 4.30. The second-order valence-corrected chi connectivity index (χ2v) is 7.69. The number of ether oxygens (including phenoxy) is 1. The summed E-state index contributed by atoms with van der Waals surface area (Å²) >= 11 is 0. The highest BCUT2D eigenvalue weighted by molar-refractivity contribution is 7.86. The molecule has 6 nitrogen and oxygen atoms in total. The third kappa shape index (κ3) is 4.65. The van der Waals surface area contributed by atoms with Crippen LogP contribution >= 0.6 is 12.4 Å². The molecule has 2 atom stereocenters. The molecule has 132 valence electrons. The normalized spacial score (nSPS) is 22.3. The second-order valence-electron chi connectivity index (χ2n) is 5.65. The molecule has 2 rings (SSSR count). The molecular weight excluding hydrogens is 338 g/mol. The van der Waals surface area contributed by atoms with Gasteiger partial charge < -0.3 is 10.5 Å². The van der Waals surface area contributed by atoms with E-state index in [9.17, 15) is 8.42 Å². The predicted octanol–water partition coefficient (Wildman–Crippen LogP) is 0.906. The van der Waals surface area contributed by atoms with Crippen molar-refractivity contribution in [3.8, 4) is 0 Å². The van der Waals surface area contributed by atoms with Gasteiger partial charge in [0.2, 0.25) is 0 Å². The van der Waals surface area contributed by atoms with Crippen molar-refractivity contribution in [3.05, 3.63) is 35.9 Å². The fraction of sp³-hybridized carbons (Fsp3) is 0.600. The average Bonchev–Trinajstić information content (AvgIpc) is 2.98. The minimum absolute atomic E-state index is 0. The number of hydrogen-bond acceptors (Lipinski definition) is 4. The molecule has 23 heavy (non-hydrogen) atoms. The van der Waals surface area contributed by atoms with Crippen LogP contribution in [-0.2, 0) is 14.9 Å². The molecule has 0 aromatic heterocycles. The summed E-state index contributed by atoms with van der Waals surface area (Å²) in [5.41, 5.74) is 7.02. The van der Waals surface area contributed by atoms with E-state index in [-0.39, 0.29) is 24.2 Å². The molecule has 0 radical (unpaired) electrons. The van der Waals surface area contributed by atoms with Crippen LogP contribution < -0.4 is 5.73 Å². The fourth-order valence-electron chi connectivity index (χ4n) is 2.87. The number of methoxy groups -OCH3 is 1. The Kier molecular flexibility index (Phi) is 7.93. The molecule has 0 aliphatic carbocycles. The molecule has 1 heterocycles. The van der Waals surface area contributed by atoms with E-state index in [1.165, 1.54) is 8.61 Å². The van der Waals surface area contributed by atoms with E-state index in [1.54, 1.807) is 14.2 Å². The molecule has 0 amide bonds. The van der Waals surface area contributed by atoms with Crippen molar-refractivity contribution in [2.24, 2.45) is 11.7 Å². The molecule has 0 unspecified atom stereocenters. The number of hydrogen-bond donors (Lipinski definition) is 1. The van der Waals surface area contributed by atoms with Gasteiger partial charge in [-0.15, -0.1) is 12.4 Å². The van der Waals surface area contributed by atoms with Crippen molar-refractivity contribution < 1.29 is 13.2 Å². The molecule has 8 heteroatoms. The van der Waals surface area contributed by atoms with Gasteiger partial charge in [-0.1, -0.05) is 30.3 Å². The molecule has 1 saturated heterocycles. The van der Waals surface area contributed by atoms with Crippen LogP contribution in [0.3, 0.4) is 0 Å². The summed E-state index contributed by atoms with van der Waals surface area (Å²) in [6.45, 7) is 2.15. The van der Waals surface area contributed by atoms with Crippen LogP contribution in [0.4, 0.5) is 0 Å². The van der Waals surface area contributed by atoms with Gasteiger partial charge in [-0.25, -0.2) is 0 Å². The smallest absolute Gasteiger partial charge is 0.281 e. The minimum Gasteiger partial charge on any atom is -0.383 e. The molecule has 1 aromatic rings. The van der Waals surface area contributed by atoms with Crippen molar-refractivity contribution in [2.75, 3.05) is 46.9 Å². The molecule has 2 N–H and O–H groups in total. The monoisotopic (exact) mass is 363 g/mol. The molecule has 1 aromatic carbocycles. The maximum absolute atomic E-state index is 12.6. The van der Waals surface area contributed by atoms with Crippen LogP contribution in [0.5, 0.6) is 0 Å². The van der Waals surface area contributed by atoms with Gasteiger partial charge in [0.25, 0.3) is 10.2 Å². The Bertz CT molecular complexity index is 571. The Morgan fingerprint density at radius 3 is 2.52 bits per heavy atom. The van der Waals surface area contributed by atoms with Gasteiger partial charge in [-0.05, 0) is 18.0 Å². The van der Waals surface area contributed by atoms with Crippen LogP contribution in [0.1, 0.15) is 11.5 Å². The highest BCUT2D eigenvalue weighted by atomic mass is 35.5. The van der Waals surface area contributed by atoms with E-state index in [0.717, 1.165) is 5.56 Å². The topological polar surface area (TPSA) is 75.9 Å². The number of likely N-dealkylation sites (N-methyl/N-ethyl adjacent to an activating group) is 1. The average molecular weight is 364 g/mol. The summed E-state index contributed by atoms with van der Waals surface area (Å²) < 4.78 is 33.1. The molecule has 1 aliphatic heterocycles. The van der Waals surface area contributed by atoms with E-state index in [0.29, 0.717) is 32.8 Å². The van der Waals surface area contributed by atoms with Crippen molar-refractivity contribution in [1.29, 1.82) is 0 Å². The molecular formula is C15H26ClN3O3S. The summed E-state index contributed by atoms with van der Waals surface area (Å²) in [5, 5.41) is 0. The van der Waals surface area contributed by atoms with Crippen LogP contribution in [0.15, 0.2) is 30.3 Å². The first-order valence-electron chi connectivity index (χ1n) is 7.46. The Balaban J connectivity index is 0.00000264. The van der Waals surface area contributed by atoms with Crippen LogP contribution in [0.2, 0.25) is 0 Å². The van der Waals surface area contributed by atoms with Gasteiger partial charge in [0.05, 0.1) is 6.61 Å². The Hall–Kier alpha value is -0.700. The lowest BCUT2D eigenvalue weighted by Crippen LogP contribution is -2.42. The van der Waals surface area contributed by atoms with E-state index < -0.39 is 10.2 Å². The zero-order chi connectivity index (χ0) is 16.2. The maximum atomic E-state index is 12.6. The summed E-state index contributed by atoms with van der Waals surface area (Å²) in [5.74, 6) is 0.296. The van der Waals surface area contributed by atoms with Gasteiger partial charge in [-0.3, -0.25) is 0 Å². The highest BCUT2D eigenvalue weighted by Crippen LogP contribution is 2.33. The zero-order valence-electron chi connectivity index (χ0n) is 13.6. The van der Waals surface area contributed by atoms with E-state index in [4.69, 9.17) is 10.5 Å². The lowest BCUT2D eigenvalue weighted by molar-refractivity contribution is 0.183. The van der Waals surface area contributed by atoms with Gasteiger partial charge >= 0.3 is 0 Å². The number of benzene rings is 1. The molecule has 0 spiro atoms. The predicted molar refractivity (Wildman–Crippen MR) is 94.0 cm³/mol. The molecule has 1 fully saturated rings. The zero-order valence-corrected chi connectivity index (χ0v) is 15.2. The largest absolute Gasteiger partial charge is 0.383 e. The lowest BCUT2D eigenvalue weighted by atomic mass is 9.89. The first-order valence-corrected chi connectivity index (χ1v) is 8.85. The summed E-state index contributed by atoms with van der Waals surface area (Å²) in [6, 6.07) is 9.99. The van der Waals surface area contributed by atoms with Crippen molar-refractivity contribution in [3.63, 3.8) is 0 Å². The van der Waals surface area contributed by atoms with Crippen molar-refractivity contribution in [1.82, 2.24) is 8.61 Å². The van der Waals surface area contributed by atoms with E-state index >= 15 is 0 Å². The van der Waals surface area contributed by atoms with Gasteiger partial charge in [0.1, 0.15) is 0 Å². The van der Waals surface area contributed by atoms with Gasteiger partial charge in [-0.2, -0.15) is 17.0 Å². The summed E-state index contributed by atoms with van der Waals surface area (Å²) in [6.07, 6.45) is 0. The van der Waals surface area contributed by atoms with E-state index in [2.05, 4.69) is 0 Å². The number of nitrogens with two attached hydrogens (primary N) is 1. The summed E-state index contributed by atoms with van der Waals surface area (Å²) in [4.78, 5) is 0. The SMILES string of the molecule is COCCN(C)S(=O)(=O)N1C[C@@H](CN)[C@H](c2ccccc2)C1.Cl. The van der Waals surface area contributed by atoms with Crippen LogP contribution in [0, 0.1) is 5.92 Å². The highest BCUT2D eigenvalue weighted by Gasteiger charge is 2.40. The standard InChI is InChI=1S/C15H25N3O3S.ClH/c1-17(8-9-21-2)22(19,20)18-11-14(10-16)15(12-18)13-6-4-3-5-7-13;/h3-7,14-15H,8-12,16H2,1-2H3;1H/t14-,15+;/m1./s1. The third-order valence-electron chi connectivity index (χ3n) is 4.27. The summed E-state index contributed by atoms with van der Waals surface area (Å²) in [7, 11) is -0.317. The minimum atomic E-state index is -3.46. The van der Waals surface area contributed by atoms with Crippen molar-refractivity contribution in [2.45, 2.75) is 5.92 Å². The maximum Gasteiger partial charge on any atom is 0.281 e. The number of nitrogens with zero attached hydrogens (tertiary/aromatic N) is 2. The number of halogens is 1. The first-order chi connectivity index (χ1) is 10.5. The Morgan fingerprint density at radius 2 is 1.96 bits per heavy atom. The quantitative estimate of drug-likeness (QED) is 0.781. The van der Waals surface area contributed by atoms with Gasteiger partial charge in [0, 0.05) is 39.7 Å². The molecule has 0 saturated carbocycles. The van der Waals surface area contributed by atoms with Crippen LogP contribution in [-0.4, -0.2) is 64.0 Å². The molecule has 0 bridgehead atoms. The third-order valence-corrected chi connectivity index (χ3v) is 6.19. The van der Waals surface area contributed by atoms with Crippen LogP contribution in [0.25, 0.3) is 0 Å². The lowest BCUT2D eigenvalue weighted by Gasteiger charge is -2.24. The van der Waals surface area contributed by atoms with E-state index in [1.807, 2.05) is 30.3 Å². The molecule has 1 aliphatic rings. The second kappa shape index (κ2) is 8.96. The van der Waals surface area contributed by atoms with Crippen molar-refractivity contribution >= 4 is 22.6 Å². The first kappa shape index (κ1) is 20.3.